The van der Waals surface area contributed by atoms with Crippen LogP contribution in [0.4, 0.5) is 0 Å². The lowest BCUT2D eigenvalue weighted by atomic mass is 10.0. The fraction of sp³-hybridized carbons (Fsp3) is 0. The Morgan fingerprint density at radius 2 is 0.923 bits per heavy atom. The number of aromatic nitrogens is 4. The summed E-state index contributed by atoms with van der Waals surface area (Å²) in [5.41, 5.74) is 6.10. The maximum absolute atomic E-state index is 4.76. The van der Waals surface area contributed by atoms with Crippen LogP contribution in [0.2, 0.25) is 0 Å². The molecule has 0 N–H and O–H groups in total. The van der Waals surface area contributed by atoms with Crippen molar-refractivity contribution >= 4 is 96.4 Å². The van der Waals surface area contributed by atoms with E-state index in [4.69, 9.17) is 9.97 Å². The van der Waals surface area contributed by atoms with Crippen molar-refractivity contribution in [2.45, 2.75) is 0 Å². The van der Waals surface area contributed by atoms with Crippen LogP contribution in [0.5, 0.6) is 0 Å². The average molecular weight is 553 g/mol. The molecule has 39 heavy (non-hydrogen) atoms. The van der Waals surface area contributed by atoms with Crippen molar-refractivity contribution in [3.05, 3.63) is 97.6 Å². The lowest BCUT2D eigenvalue weighted by Gasteiger charge is -2.08. The molecule has 0 aliphatic carbocycles. The van der Waals surface area contributed by atoms with Crippen molar-refractivity contribution in [2.75, 3.05) is 0 Å². The molecular formula is C32H16N4S3. The van der Waals surface area contributed by atoms with Crippen LogP contribution in [-0.4, -0.2) is 19.9 Å². The summed E-state index contributed by atoms with van der Waals surface area (Å²) in [6, 6.07) is 26.0. The molecule has 9 rings (SSSR count). The van der Waals surface area contributed by atoms with E-state index in [9.17, 15) is 0 Å². The zero-order valence-electron chi connectivity index (χ0n) is 20.3. The number of benzene rings is 4. The van der Waals surface area contributed by atoms with Gasteiger partial charge in [-0.3, -0.25) is 19.9 Å². The summed E-state index contributed by atoms with van der Waals surface area (Å²) in [4.78, 5) is 21.3. The monoisotopic (exact) mass is 552 g/mol. The van der Waals surface area contributed by atoms with Crippen LogP contribution in [0, 0.1) is 0 Å². The van der Waals surface area contributed by atoms with Gasteiger partial charge >= 0.3 is 0 Å². The van der Waals surface area contributed by atoms with E-state index >= 15 is 0 Å². The molecular weight excluding hydrogens is 537 g/mol. The maximum atomic E-state index is 4.76. The van der Waals surface area contributed by atoms with Crippen molar-refractivity contribution in [2.24, 2.45) is 0 Å². The minimum atomic E-state index is 0.926. The molecule has 0 fully saturated rings. The molecule has 0 spiro atoms. The van der Waals surface area contributed by atoms with Gasteiger partial charge in [-0.1, -0.05) is 48.5 Å². The Bertz CT molecular complexity index is 2140. The third-order valence-corrected chi connectivity index (χ3v) is 11.1. The third kappa shape index (κ3) is 3.15. The third-order valence-electron chi connectivity index (χ3n) is 7.29. The predicted molar refractivity (Wildman–Crippen MR) is 167 cm³/mol. The predicted octanol–water partition coefficient (Wildman–Crippen LogP) is 9.70. The summed E-state index contributed by atoms with van der Waals surface area (Å²) in [7, 11) is 0. The summed E-state index contributed by atoms with van der Waals surface area (Å²) in [6.07, 6.45) is 7.12. The first-order valence-electron chi connectivity index (χ1n) is 12.5. The molecule has 0 radical (unpaired) electrons. The van der Waals surface area contributed by atoms with E-state index in [1.807, 2.05) is 34.0 Å². The van der Waals surface area contributed by atoms with Crippen molar-refractivity contribution in [3.63, 3.8) is 0 Å². The number of nitrogens with zero attached hydrogens (tertiary/aromatic N) is 4. The highest BCUT2D eigenvalue weighted by atomic mass is 32.1. The van der Waals surface area contributed by atoms with Crippen LogP contribution < -0.4 is 0 Å². The van der Waals surface area contributed by atoms with Gasteiger partial charge in [0.1, 0.15) is 0 Å². The van der Waals surface area contributed by atoms with E-state index in [0.29, 0.717) is 0 Å². The van der Waals surface area contributed by atoms with Gasteiger partial charge in [-0.2, -0.15) is 0 Å². The number of thiophene rings is 3. The van der Waals surface area contributed by atoms with Crippen molar-refractivity contribution in [1.29, 1.82) is 0 Å². The largest absolute Gasteiger partial charge is 0.253 e. The van der Waals surface area contributed by atoms with Gasteiger partial charge in [0.2, 0.25) is 0 Å². The Labute approximate surface area is 233 Å². The van der Waals surface area contributed by atoms with Gasteiger partial charge in [0.15, 0.2) is 0 Å². The Kier molecular flexibility index (Phi) is 4.49. The standard InChI is InChI=1S/C32H16N4S3/c1-3-7-19-17(5-1)13-21-29(35-11-9-33-21)27(19)23-15-25-31(38-23)32-26(37-25)16-24(39-32)28-20-8-4-2-6-18(20)14-22-30(28)36-12-10-34-22/h1-16H. The van der Waals surface area contributed by atoms with Crippen LogP contribution in [0.15, 0.2) is 97.6 Å². The lowest BCUT2D eigenvalue weighted by Crippen LogP contribution is -1.88. The number of rotatable bonds is 2. The maximum Gasteiger partial charge on any atom is 0.0979 e. The van der Waals surface area contributed by atoms with Gasteiger partial charge < -0.3 is 0 Å². The second-order valence-corrected chi connectivity index (χ2v) is 12.7. The lowest BCUT2D eigenvalue weighted by molar-refractivity contribution is 1.30. The van der Waals surface area contributed by atoms with E-state index < -0.39 is 0 Å². The van der Waals surface area contributed by atoms with E-state index in [2.05, 4.69) is 82.8 Å². The summed E-state index contributed by atoms with van der Waals surface area (Å²) in [5, 5.41) is 4.79. The van der Waals surface area contributed by atoms with Gasteiger partial charge in [-0.25, -0.2) is 0 Å². The quantitative estimate of drug-likeness (QED) is 0.200. The molecule has 7 heteroatoms. The van der Waals surface area contributed by atoms with Crippen LogP contribution >= 0.6 is 34.0 Å². The highest BCUT2D eigenvalue weighted by Crippen LogP contribution is 2.50. The molecule has 0 unspecified atom stereocenters. The Balaban J connectivity index is 1.30. The molecule has 5 aromatic heterocycles. The van der Waals surface area contributed by atoms with E-state index in [-0.39, 0.29) is 0 Å². The molecule has 9 aromatic rings. The van der Waals surface area contributed by atoms with E-state index in [1.54, 1.807) is 24.8 Å². The molecule has 0 aliphatic heterocycles. The van der Waals surface area contributed by atoms with Crippen LogP contribution in [0.1, 0.15) is 0 Å². The zero-order valence-corrected chi connectivity index (χ0v) is 22.7. The van der Waals surface area contributed by atoms with Crippen LogP contribution in [0.25, 0.3) is 83.3 Å². The summed E-state index contributed by atoms with van der Waals surface area (Å²) >= 11 is 5.58. The van der Waals surface area contributed by atoms with Crippen LogP contribution in [-0.2, 0) is 0 Å². The number of fused-ring (bicyclic) bond motifs is 7. The van der Waals surface area contributed by atoms with Gasteiger partial charge in [0, 0.05) is 55.1 Å². The Hall–Kier alpha value is -4.30. The highest BCUT2D eigenvalue weighted by Gasteiger charge is 2.20. The summed E-state index contributed by atoms with van der Waals surface area (Å²) in [6.45, 7) is 0. The molecule has 0 aliphatic rings. The first-order valence-corrected chi connectivity index (χ1v) is 15.0. The molecule has 0 saturated carbocycles. The number of hydrogen-bond acceptors (Lipinski definition) is 7. The van der Waals surface area contributed by atoms with E-state index in [0.717, 1.165) is 22.1 Å². The van der Waals surface area contributed by atoms with Gasteiger partial charge in [0.05, 0.1) is 31.5 Å². The summed E-state index contributed by atoms with van der Waals surface area (Å²) < 4.78 is 5.30. The minimum absolute atomic E-state index is 0.926. The first-order chi connectivity index (χ1) is 19.3. The second kappa shape index (κ2) is 8.10. The van der Waals surface area contributed by atoms with Crippen molar-refractivity contribution < 1.29 is 0 Å². The fourth-order valence-corrected chi connectivity index (χ4v) is 9.77. The smallest absolute Gasteiger partial charge is 0.0979 e. The van der Waals surface area contributed by atoms with Gasteiger partial charge in [-0.15, -0.1) is 34.0 Å². The van der Waals surface area contributed by atoms with Crippen LogP contribution in [0.3, 0.4) is 0 Å². The normalized spacial score (nSPS) is 12.1. The molecule has 182 valence electrons. The van der Waals surface area contributed by atoms with Gasteiger partial charge in [0.25, 0.3) is 0 Å². The van der Waals surface area contributed by atoms with Gasteiger partial charge in [-0.05, 0) is 45.8 Å². The topological polar surface area (TPSA) is 51.6 Å². The highest BCUT2D eigenvalue weighted by molar-refractivity contribution is 7.40. The SMILES string of the molecule is c1ccc2c(-c3cc4sc5cc(-c6c7ccccc7cc7nccnc67)sc5c4s3)c3nccnc3cc2c1. The Morgan fingerprint density at radius 3 is 1.44 bits per heavy atom. The molecule has 5 heterocycles. The number of hydrogen-bond donors (Lipinski definition) is 0. The molecule has 0 bridgehead atoms. The molecule has 4 nitrogen and oxygen atoms in total. The second-order valence-electron chi connectivity index (χ2n) is 9.50. The molecule has 0 amide bonds. The minimum Gasteiger partial charge on any atom is -0.253 e. The van der Waals surface area contributed by atoms with Crippen molar-refractivity contribution in [3.8, 4) is 20.9 Å². The molecule has 0 atom stereocenters. The zero-order chi connectivity index (χ0) is 25.5. The van der Waals surface area contributed by atoms with E-state index in [1.165, 1.54) is 61.2 Å². The summed E-state index contributed by atoms with van der Waals surface area (Å²) in [5.74, 6) is 0. The molecule has 4 aromatic carbocycles. The Morgan fingerprint density at radius 1 is 0.462 bits per heavy atom. The molecule has 0 saturated heterocycles. The fourth-order valence-electron chi connectivity index (χ4n) is 5.63. The van der Waals surface area contributed by atoms with Crippen molar-refractivity contribution in [1.82, 2.24) is 19.9 Å². The first kappa shape index (κ1) is 21.6. The average Bonchev–Trinajstić information content (AvgIpc) is 3.65.